The van der Waals surface area contributed by atoms with E-state index >= 15 is 0 Å². The van der Waals surface area contributed by atoms with Crippen molar-refractivity contribution in [1.29, 1.82) is 0 Å². The highest BCUT2D eigenvalue weighted by Crippen LogP contribution is 2.12. The molecular formula is C12H26N2O3S. The van der Waals surface area contributed by atoms with Crippen LogP contribution in [0.3, 0.4) is 0 Å². The predicted octanol–water partition coefficient (Wildman–Crippen LogP) is 0.704. The van der Waals surface area contributed by atoms with Crippen molar-refractivity contribution in [3.63, 3.8) is 0 Å². The zero-order valence-corrected chi connectivity index (χ0v) is 12.9. The van der Waals surface area contributed by atoms with Crippen molar-refractivity contribution in [3.8, 4) is 0 Å². The minimum absolute atomic E-state index is 0.0970. The second-order valence-electron chi connectivity index (χ2n) is 5.39. The summed E-state index contributed by atoms with van der Waals surface area (Å²) in [6, 6.07) is 0.159. The number of carbonyl (C=O) groups excluding carboxylic acids is 1. The van der Waals surface area contributed by atoms with Gasteiger partial charge in [0.1, 0.15) is 0 Å². The first-order valence-corrected chi connectivity index (χ1v) is 8.19. The van der Waals surface area contributed by atoms with Crippen LogP contribution in [0.1, 0.15) is 40.5 Å². The number of rotatable bonds is 8. The first-order chi connectivity index (χ1) is 8.10. The van der Waals surface area contributed by atoms with Gasteiger partial charge in [0.05, 0.1) is 11.3 Å². The summed E-state index contributed by atoms with van der Waals surface area (Å²) in [5.41, 5.74) is 0. The molecule has 0 heterocycles. The lowest BCUT2D eigenvalue weighted by atomic mass is 10.2. The molecule has 0 aromatic rings. The largest absolute Gasteiger partial charge is 0.353 e. The van der Waals surface area contributed by atoms with E-state index in [1.807, 2.05) is 6.92 Å². The Morgan fingerprint density at radius 1 is 1.33 bits per heavy atom. The van der Waals surface area contributed by atoms with Crippen molar-refractivity contribution in [2.45, 2.75) is 51.3 Å². The van der Waals surface area contributed by atoms with Crippen LogP contribution in [0.2, 0.25) is 0 Å². The quantitative estimate of drug-likeness (QED) is 0.685. The maximum Gasteiger partial charge on any atom is 0.234 e. The average molecular weight is 278 g/mol. The second kappa shape index (κ2) is 7.09. The van der Waals surface area contributed by atoms with Crippen LogP contribution in [0.25, 0.3) is 0 Å². The lowest BCUT2D eigenvalue weighted by Crippen LogP contribution is -2.46. The van der Waals surface area contributed by atoms with Crippen LogP contribution in [0.4, 0.5) is 0 Å². The van der Waals surface area contributed by atoms with Crippen LogP contribution in [0.15, 0.2) is 0 Å². The van der Waals surface area contributed by atoms with Gasteiger partial charge in [0.2, 0.25) is 5.91 Å². The fraction of sp³-hybridized carbons (Fsp3) is 0.917. The molecule has 0 aliphatic rings. The van der Waals surface area contributed by atoms with Gasteiger partial charge in [0.15, 0.2) is 9.84 Å². The first-order valence-electron chi connectivity index (χ1n) is 6.30. The van der Waals surface area contributed by atoms with Crippen LogP contribution >= 0.6 is 0 Å². The van der Waals surface area contributed by atoms with Crippen molar-refractivity contribution in [3.05, 3.63) is 0 Å². The predicted molar refractivity (Wildman–Crippen MR) is 74.3 cm³/mol. The minimum Gasteiger partial charge on any atom is -0.353 e. The molecule has 0 aromatic carbocycles. The molecule has 0 saturated carbocycles. The van der Waals surface area contributed by atoms with Crippen molar-refractivity contribution < 1.29 is 13.2 Å². The van der Waals surface area contributed by atoms with Crippen molar-refractivity contribution >= 4 is 15.7 Å². The maximum atomic E-state index is 11.5. The zero-order valence-electron chi connectivity index (χ0n) is 12.0. The summed E-state index contributed by atoms with van der Waals surface area (Å²) in [4.78, 5) is 11.5. The van der Waals surface area contributed by atoms with Crippen LogP contribution in [0.5, 0.6) is 0 Å². The Hall–Kier alpha value is -0.620. The summed E-state index contributed by atoms with van der Waals surface area (Å²) >= 11 is 0. The van der Waals surface area contributed by atoms with Gasteiger partial charge in [-0.2, -0.15) is 0 Å². The first kappa shape index (κ1) is 17.4. The molecule has 0 rings (SSSR count). The number of carbonyl (C=O) groups is 1. The summed E-state index contributed by atoms with van der Waals surface area (Å²) < 4.78 is 22.0. The molecule has 108 valence electrons. The van der Waals surface area contributed by atoms with E-state index in [2.05, 4.69) is 17.6 Å². The highest BCUT2D eigenvalue weighted by atomic mass is 32.2. The summed E-state index contributed by atoms with van der Waals surface area (Å²) in [6.07, 6.45) is 3.18. The molecule has 1 atom stereocenters. The Morgan fingerprint density at radius 2 is 1.89 bits per heavy atom. The molecule has 5 nitrogen and oxygen atoms in total. The van der Waals surface area contributed by atoms with Gasteiger partial charge in [0.25, 0.3) is 0 Å². The van der Waals surface area contributed by atoms with Gasteiger partial charge < -0.3 is 10.6 Å². The highest BCUT2D eigenvalue weighted by molar-refractivity contribution is 7.92. The van der Waals surface area contributed by atoms with E-state index < -0.39 is 14.6 Å². The standard InChI is InChI=1S/C12H26N2O3S/c1-6-7-10(2)14-11(15)8-13-9-12(3,4)18(5,16)17/h10,13H,6-9H2,1-5H3,(H,14,15). The van der Waals surface area contributed by atoms with Crippen LogP contribution in [-0.4, -0.2) is 44.5 Å². The van der Waals surface area contributed by atoms with Gasteiger partial charge in [-0.15, -0.1) is 0 Å². The molecule has 0 radical (unpaired) electrons. The Labute approximate surface area is 111 Å². The lowest BCUT2D eigenvalue weighted by molar-refractivity contribution is -0.120. The molecular weight excluding hydrogens is 252 g/mol. The van der Waals surface area contributed by atoms with E-state index in [4.69, 9.17) is 0 Å². The van der Waals surface area contributed by atoms with Crippen LogP contribution in [0, 0.1) is 0 Å². The van der Waals surface area contributed by atoms with Gasteiger partial charge in [0, 0.05) is 18.8 Å². The van der Waals surface area contributed by atoms with Gasteiger partial charge in [-0.3, -0.25) is 4.79 Å². The molecule has 1 unspecified atom stereocenters. The second-order valence-corrected chi connectivity index (χ2v) is 8.04. The monoisotopic (exact) mass is 278 g/mol. The normalized spacial score (nSPS) is 14.3. The Morgan fingerprint density at radius 3 is 2.33 bits per heavy atom. The van der Waals surface area contributed by atoms with E-state index in [1.54, 1.807) is 13.8 Å². The summed E-state index contributed by atoms with van der Waals surface area (Å²) in [5.74, 6) is -0.0970. The van der Waals surface area contributed by atoms with Crippen molar-refractivity contribution in [2.24, 2.45) is 0 Å². The van der Waals surface area contributed by atoms with Gasteiger partial charge in [-0.1, -0.05) is 13.3 Å². The topological polar surface area (TPSA) is 75.3 Å². The summed E-state index contributed by atoms with van der Waals surface area (Å²) in [7, 11) is -3.13. The number of amides is 1. The van der Waals surface area contributed by atoms with Crippen molar-refractivity contribution in [2.75, 3.05) is 19.3 Å². The molecule has 1 amide bonds. The lowest BCUT2D eigenvalue weighted by Gasteiger charge is -2.23. The van der Waals surface area contributed by atoms with E-state index in [0.717, 1.165) is 12.8 Å². The zero-order chi connectivity index (χ0) is 14.4. The minimum atomic E-state index is -3.13. The molecule has 6 heteroatoms. The van der Waals surface area contributed by atoms with Gasteiger partial charge >= 0.3 is 0 Å². The van der Waals surface area contributed by atoms with Gasteiger partial charge in [-0.05, 0) is 27.2 Å². The molecule has 0 aliphatic heterocycles. The van der Waals surface area contributed by atoms with E-state index in [0.29, 0.717) is 0 Å². The average Bonchev–Trinajstić information content (AvgIpc) is 2.15. The molecule has 2 N–H and O–H groups in total. The molecule has 0 saturated heterocycles. The third-order valence-corrected chi connectivity index (χ3v) is 5.12. The molecule has 0 aromatic heterocycles. The fourth-order valence-corrected chi connectivity index (χ4v) is 1.80. The highest BCUT2D eigenvalue weighted by Gasteiger charge is 2.29. The van der Waals surface area contributed by atoms with Crippen molar-refractivity contribution in [1.82, 2.24) is 10.6 Å². The molecule has 0 aliphatic carbocycles. The number of nitrogens with one attached hydrogen (secondary N) is 2. The van der Waals surface area contributed by atoms with E-state index in [9.17, 15) is 13.2 Å². The van der Waals surface area contributed by atoms with Gasteiger partial charge in [-0.25, -0.2) is 8.42 Å². The Balaban J connectivity index is 4.02. The molecule has 0 bridgehead atoms. The van der Waals surface area contributed by atoms with Crippen LogP contribution in [-0.2, 0) is 14.6 Å². The summed E-state index contributed by atoms with van der Waals surface area (Å²) in [5, 5.41) is 5.74. The Kier molecular flexibility index (Phi) is 6.84. The molecule has 0 fully saturated rings. The maximum absolute atomic E-state index is 11.5. The Bertz CT molecular complexity index is 364. The molecule has 0 spiro atoms. The molecule has 18 heavy (non-hydrogen) atoms. The third kappa shape index (κ3) is 6.35. The number of hydrogen-bond donors (Lipinski definition) is 2. The SMILES string of the molecule is CCCC(C)NC(=O)CNCC(C)(C)S(C)(=O)=O. The fourth-order valence-electron chi connectivity index (χ4n) is 1.44. The summed E-state index contributed by atoms with van der Waals surface area (Å²) in [6.45, 7) is 7.73. The van der Waals surface area contributed by atoms with E-state index in [-0.39, 0.29) is 25.0 Å². The van der Waals surface area contributed by atoms with E-state index in [1.165, 1.54) is 6.26 Å². The number of hydrogen-bond acceptors (Lipinski definition) is 4. The third-order valence-electron chi connectivity index (χ3n) is 2.97. The number of sulfone groups is 1. The smallest absolute Gasteiger partial charge is 0.234 e. The van der Waals surface area contributed by atoms with Crippen LogP contribution < -0.4 is 10.6 Å².